The molecule has 5 rings (SSSR count). The molecule has 148 valence electrons. The monoisotopic (exact) mass is 380 g/mol. The Labute approximate surface area is 165 Å². The largest absolute Gasteiger partial charge is 0.343 e. The molecule has 6 nitrogen and oxygen atoms in total. The molecule has 0 bridgehead atoms. The average Bonchev–Trinajstić information content (AvgIpc) is 2.73. The highest BCUT2D eigenvalue weighted by molar-refractivity contribution is 6.00. The molecule has 0 radical (unpaired) electrons. The summed E-state index contributed by atoms with van der Waals surface area (Å²) >= 11 is 0. The van der Waals surface area contributed by atoms with E-state index < -0.39 is 0 Å². The third-order valence-corrected chi connectivity index (χ3v) is 6.73. The fraction of sp³-hybridized carbons (Fsp3) is 0.591. The van der Waals surface area contributed by atoms with Crippen LogP contribution in [0.2, 0.25) is 0 Å². The standard InChI is InChI=1S/C22H28N4O2/c27-16-11-7-10-15-18(16)17(14-8-3-1-4-9-14)19-20(23-15)24-22(25-21(19)28)26-12-5-2-6-13-26/h1,3,14,17H,2,4-13H2,(H2,23,24,25,28)/t14-,17+/m1/s1. The van der Waals surface area contributed by atoms with Crippen molar-refractivity contribution in [3.63, 3.8) is 0 Å². The number of rotatable bonds is 2. The van der Waals surface area contributed by atoms with Crippen molar-refractivity contribution in [1.29, 1.82) is 0 Å². The van der Waals surface area contributed by atoms with Gasteiger partial charge in [0, 0.05) is 36.7 Å². The number of ketones is 1. The number of carbonyl (C=O) groups is 1. The maximum atomic E-state index is 13.2. The molecule has 2 atom stereocenters. The van der Waals surface area contributed by atoms with Gasteiger partial charge in [0.2, 0.25) is 5.95 Å². The van der Waals surface area contributed by atoms with Crippen molar-refractivity contribution in [2.45, 2.75) is 63.7 Å². The Kier molecular flexibility index (Phi) is 4.57. The highest BCUT2D eigenvalue weighted by atomic mass is 16.1. The van der Waals surface area contributed by atoms with E-state index >= 15 is 0 Å². The Hall–Kier alpha value is -2.37. The molecule has 0 saturated carbocycles. The number of fused-ring (bicyclic) bond motifs is 1. The summed E-state index contributed by atoms with van der Waals surface area (Å²) < 4.78 is 0. The zero-order valence-electron chi connectivity index (χ0n) is 16.3. The van der Waals surface area contributed by atoms with Gasteiger partial charge in [0.25, 0.3) is 5.56 Å². The Morgan fingerprint density at radius 2 is 1.89 bits per heavy atom. The van der Waals surface area contributed by atoms with E-state index in [0.717, 1.165) is 69.3 Å². The van der Waals surface area contributed by atoms with Gasteiger partial charge < -0.3 is 10.2 Å². The Morgan fingerprint density at radius 3 is 2.68 bits per heavy atom. The first-order valence-corrected chi connectivity index (χ1v) is 10.8. The SMILES string of the molecule is O=C1CCCC2=C1[C@H]([C@@H]1CC=CCC1)c1c(nc(N3CCCCC3)[nH]c1=O)N2. The van der Waals surface area contributed by atoms with Gasteiger partial charge in [0.1, 0.15) is 5.82 Å². The summed E-state index contributed by atoms with van der Waals surface area (Å²) in [6, 6.07) is 0. The number of aromatic nitrogens is 2. The van der Waals surface area contributed by atoms with Gasteiger partial charge >= 0.3 is 0 Å². The fourth-order valence-corrected chi connectivity index (χ4v) is 5.34. The van der Waals surface area contributed by atoms with Crippen molar-refractivity contribution in [2.24, 2.45) is 5.92 Å². The van der Waals surface area contributed by atoms with Crippen LogP contribution in [-0.4, -0.2) is 28.8 Å². The number of anilines is 2. The third kappa shape index (κ3) is 2.99. The predicted molar refractivity (Wildman–Crippen MR) is 110 cm³/mol. The van der Waals surface area contributed by atoms with Crippen LogP contribution in [0, 0.1) is 5.92 Å². The van der Waals surface area contributed by atoms with Crippen molar-refractivity contribution in [3.8, 4) is 0 Å². The van der Waals surface area contributed by atoms with Crippen molar-refractivity contribution in [2.75, 3.05) is 23.3 Å². The fourth-order valence-electron chi connectivity index (χ4n) is 5.34. The molecule has 0 spiro atoms. The van der Waals surface area contributed by atoms with Crippen LogP contribution in [0.15, 0.2) is 28.2 Å². The number of H-pyrrole nitrogens is 1. The summed E-state index contributed by atoms with van der Waals surface area (Å²) in [7, 11) is 0. The average molecular weight is 380 g/mol. The second kappa shape index (κ2) is 7.22. The minimum atomic E-state index is -0.129. The highest BCUT2D eigenvalue weighted by Crippen LogP contribution is 2.46. The smallest absolute Gasteiger partial charge is 0.258 e. The molecule has 1 fully saturated rings. The van der Waals surface area contributed by atoms with E-state index in [0.29, 0.717) is 29.7 Å². The lowest BCUT2D eigenvalue weighted by Crippen LogP contribution is -2.38. The van der Waals surface area contributed by atoms with Gasteiger partial charge in [-0.25, -0.2) is 0 Å². The predicted octanol–water partition coefficient (Wildman–Crippen LogP) is 3.63. The molecular weight excluding hydrogens is 352 g/mol. The molecule has 1 aromatic heterocycles. The molecule has 0 unspecified atom stereocenters. The van der Waals surface area contributed by atoms with Crippen molar-refractivity contribution in [3.05, 3.63) is 39.3 Å². The number of piperidine rings is 1. The molecule has 28 heavy (non-hydrogen) atoms. The zero-order valence-corrected chi connectivity index (χ0v) is 16.3. The normalized spacial score (nSPS) is 27.3. The minimum Gasteiger partial charge on any atom is -0.343 e. The van der Waals surface area contributed by atoms with Gasteiger partial charge in [-0.3, -0.25) is 14.6 Å². The molecule has 3 heterocycles. The Balaban J connectivity index is 1.61. The van der Waals surface area contributed by atoms with Gasteiger partial charge in [0.05, 0.1) is 5.56 Å². The molecular formula is C22H28N4O2. The maximum absolute atomic E-state index is 13.2. The molecule has 1 aromatic rings. The Bertz CT molecular complexity index is 908. The quantitative estimate of drug-likeness (QED) is 0.766. The van der Waals surface area contributed by atoms with Crippen LogP contribution in [-0.2, 0) is 4.79 Å². The second-order valence-corrected chi connectivity index (χ2v) is 8.52. The summed E-state index contributed by atoms with van der Waals surface area (Å²) in [4.78, 5) is 36.2. The molecule has 2 aliphatic heterocycles. The highest BCUT2D eigenvalue weighted by Gasteiger charge is 2.41. The van der Waals surface area contributed by atoms with E-state index in [1.807, 2.05) is 0 Å². The second-order valence-electron chi connectivity index (χ2n) is 8.52. The summed E-state index contributed by atoms with van der Waals surface area (Å²) in [5.74, 6) is 1.72. The van der Waals surface area contributed by atoms with E-state index in [-0.39, 0.29) is 17.3 Å². The molecule has 2 aliphatic carbocycles. The molecule has 0 amide bonds. The number of allylic oxidation sites excluding steroid dienone is 4. The summed E-state index contributed by atoms with van der Waals surface area (Å²) in [6.45, 7) is 1.87. The van der Waals surface area contributed by atoms with Gasteiger partial charge in [0.15, 0.2) is 5.78 Å². The molecule has 0 aromatic carbocycles. The minimum absolute atomic E-state index is 0.0810. The zero-order chi connectivity index (χ0) is 19.1. The number of nitrogens with zero attached hydrogens (tertiary/aromatic N) is 2. The molecule has 4 aliphatic rings. The van der Waals surface area contributed by atoms with Crippen molar-refractivity contribution in [1.82, 2.24) is 9.97 Å². The van der Waals surface area contributed by atoms with E-state index in [1.165, 1.54) is 6.42 Å². The number of aromatic amines is 1. The van der Waals surface area contributed by atoms with E-state index in [4.69, 9.17) is 4.98 Å². The lowest BCUT2D eigenvalue weighted by Gasteiger charge is -2.37. The van der Waals surface area contributed by atoms with Gasteiger partial charge in [-0.2, -0.15) is 4.98 Å². The summed E-state index contributed by atoms with van der Waals surface area (Å²) in [5.41, 5.74) is 2.46. The van der Waals surface area contributed by atoms with E-state index in [2.05, 4.69) is 27.4 Å². The number of carbonyl (C=O) groups excluding carboxylic acids is 1. The van der Waals surface area contributed by atoms with E-state index in [1.54, 1.807) is 0 Å². The van der Waals surface area contributed by atoms with Gasteiger partial charge in [-0.1, -0.05) is 12.2 Å². The topological polar surface area (TPSA) is 78.1 Å². The molecule has 6 heteroatoms. The van der Waals surface area contributed by atoms with Crippen LogP contribution in [0.1, 0.15) is 69.3 Å². The van der Waals surface area contributed by atoms with Gasteiger partial charge in [-0.15, -0.1) is 0 Å². The van der Waals surface area contributed by atoms with Crippen molar-refractivity contribution < 1.29 is 4.79 Å². The lowest BCUT2D eigenvalue weighted by molar-refractivity contribution is -0.116. The molecule has 1 saturated heterocycles. The van der Waals surface area contributed by atoms with Gasteiger partial charge in [-0.05, 0) is 57.3 Å². The van der Waals surface area contributed by atoms with Crippen LogP contribution in [0.25, 0.3) is 0 Å². The first-order valence-electron chi connectivity index (χ1n) is 10.8. The number of Topliss-reactive ketones (excluding diaryl/α,β-unsaturated/α-hetero) is 1. The van der Waals surface area contributed by atoms with Crippen LogP contribution >= 0.6 is 0 Å². The van der Waals surface area contributed by atoms with E-state index in [9.17, 15) is 9.59 Å². The summed E-state index contributed by atoms with van der Waals surface area (Å²) in [6.07, 6.45) is 13.2. The Morgan fingerprint density at radius 1 is 1.04 bits per heavy atom. The van der Waals surface area contributed by atoms with Crippen molar-refractivity contribution >= 4 is 17.5 Å². The maximum Gasteiger partial charge on any atom is 0.258 e. The van der Waals surface area contributed by atoms with Crippen LogP contribution in [0.4, 0.5) is 11.8 Å². The third-order valence-electron chi connectivity index (χ3n) is 6.73. The molecule has 2 N–H and O–H groups in total. The first kappa shape index (κ1) is 17.7. The first-order chi connectivity index (χ1) is 13.7. The lowest BCUT2D eigenvalue weighted by atomic mass is 9.70. The van der Waals surface area contributed by atoms with Crippen LogP contribution < -0.4 is 15.8 Å². The number of hydrogen-bond acceptors (Lipinski definition) is 5. The number of nitrogens with one attached hydrogen (secondary N) is 2. The van der Waals surface area contributed by atoms with Crippen LogP contribution in [0.5, 0.6) is 0 Å². The summed E-state index contributed by atoms with van der Waals surface area (Å²) in [5, 5.41) is 3.40. The number of hydrogen-bond donors (Lipinski definition) is 2. The van der Waals surface area contributed by atoms with Crippen LogP contribution in [0.3, 0.4) is 0 Å².